The average Bonchev–Trinajstić information content (AvgIpc) is 2.45. The highest BCUT2D eigenvalue weighted by Gasteiger charge is 2.23. The SMILES string of the molecule is Cc1cccnc1C(=O)N[C@H](C(=O)O)c1ccccc1. The third kappa shape index (κ3) is 3.00. The van der Waals surface area contributed by atoms with Gasteiger partial charge in [0.15, 0.2) is 6.04 Å². The first-order valence-corrected chi connectivity index (χ1v) is 6.10. The first kappa shape index (κ1) is 13.7. The van der Waals surface area contributed by atoms with Crippen LogP contribution in [-0.2, 0) is 4.79 Å². The van der Waals surface area contributed by atoms with Crippen molar-refractivity contribution in [2.24, 2.45) is 0 Å². The molecule has 0 radical (unpaired) electrons. The van der Waals surface area contributed by atoms with E-state index in [-0.39, 0.29) is 5.69 Å². The van der Waals surface area contributed by atoms with Crippen molar-refractivity contribution in [3.8, 4) is 0 Å². The van der Waals surface area contributed by atoms with Gasteiger partial charge in [-0.3, -0.25) is 9.78 Å². The van der Waals surface area contributed by atoms with Crippen LogP contribution in [-0.4, -0.2) is 22.0 Å². The summed E-state index contributed by atoms with van der Waals surface area (Å²) in [6, 6.07) is 10.9. The van der Waals surface area contributed by atoms with Crippen LogP contribution in [0.5, 0.6) is 0 Å². The fourth-order valence-electron chi connectivity index (χ4n) is 1.86. The van der Waals surface area contributed by atoms with Gasteiger partial charge >= 0.3 is 5.97 Å². The molecule has 0 aliphatic carbocycles. The molecule has 5 nitrogen and oxygen atoms in total. The highest BCUT2D eigenvalue weighted by molar-refractivity contribution is 5.96. The molecule has 0 aliphatic heterocycles. The van der Waals surface area contributed by atoms with E-state index in [2.05, 4.69) is 10.3 Å². The van der Waals surface area contributed by atoms with Crippen molar-refractivity contribution >= 4 is 11.9 Å². The third-order valence-corrected chi connectivity index (χ3v) is 2.88. The van der Waals surface area contributed by atoms with Gasteiger partial charge in [-0.1, -0.05) is 36.4 Å². The zero-order valence-electron chi connectivity index (χ0n) is 10.9. The number of carboxylic acids is 1. The molecule has 1 aromatic carbocycles. The second-order valence-electron chi connectivity index (χ2n) is 4.32. The van der Waals surface area contributed by atoms with Crippen LogP contribution in [0.25, 0.3) is 0 Å². The van der Waals surface area contributed by atoms with Gasteiger partial charge in [-0.2, -0.15) is 0 Å². The summed E-state index contributed by atoms with van der Waals surface area (Å²) in [6.07, 6.45) is 1.50. The Balaban J connectivity index is 2.24. The Morgan fingerprint density at radius 2 is 1.85 bits per heavy atom. The number of benzene rings is 1. The second kappa shape index (κ2) is 5.97. The molecule has 5 heteroatoms. The van der Waals surface area contributed by atoms with E-state index in [9.17, 15) is 14.7 Å². The van der Waals surface area contributed by atoms with Gasteiger partial charge in [-0.25, -0.2) is 4.79 Å². The normalized spacial score (nSPS) is 11.7. The maximum atomic E-state index is 12.1. The Kier molecular flexibility index (Phi) is 4.10. The van der Waals surface area contributed by atoms with E-state index in [1.165, 1.54) is 6.20 Å². The maximum Gasteiger partial charge on any atom is 0.330 e. The fourth-order valence-corrected chi connectivity index (χ4v) is 1.86. The largest absolute Gasteiger partial charge is 0.479 e. The highest BCUT2D eigenvalue weighted by atomic mass is 16.4. The molecule has 2 aromatic rings. The predicted octanol–water partition coefficient (Wildman–Crippen LogP) is 1.95. The van der Waals surface area contributed by atoms with Gasteiger partial charge in [0.05, 0.1) is 0 Å². The Bertz CT molecular complexity index is 626. The van der Waals surface area contributed by atoms with E-state index < -0.39 is 17.9 Å². The van der Waals surface area contributed by atoms with Crippen molar-refractivity contribution in [1.29, 1.82) is 0 Å². The maximum absolute atomic E-state index is 12.1. The fraction of sp³-hybridized carbons (Fsp3) is 0.133. The molecule has 102 valence electrons. The lowest BCUT2D eigenvalue weighted by molar-refractivity contribution is -0.139. The number of aromatic nitrogens is 1. The number of hydrogen-bond donors (Lipinski definition) is 2. The Morgan fingerprint density at radius 3 is 2.45 bits per heavy atom. The van der Waals surface area contributed by atoms with E-state index in [4.69, 9.17) is 0 Å². The molecule has 0 saturated carbocycles. The average molecular weight is 270 g/mol. The van der Waals surface area contributed by atoms with E-state index in [1.54, 1.807) is 49.4 Å². The van der Waals surface area contributed by atoms with E-state index in [1.807, 2.05) is 0 Å². The number of aryl methyl sites for hydroxylation is 1. The summed E-state index contributed by atoms with van der Waals surface area (Å²) in [5, 5.41) is 11.7. The van der Waals surface area contributed by atoms with Crippen molar-refractivity contribution in [3.63, 3.8) is 0 Å². The topological polar surface area (TPSA) is 79.3 Å². The van der Waals surface area contributed by atoms with Gasteiger partial charge in [0.1, 0.15) is 5.69 Å². The molecule has 0 aliphatic rings. The highest BCUT2D eigenvalue weighted by Crippen LogP contribution is 2.14. The lowest BCUT2D eigenvalue weighted by Gasteiger charge is -2.15. The molecule has 0 saturated heterocycles. The number of pyridine rings is 1. The van der Waals surface area contributed by atoms with Gasteiger partial charge in [0.25, 0.3) is 5.91 Å². The van der Waals surface area contributed by atoms with Gasteiger partial charge in [0.2, 0.25) is 0 Å². The van der Waals surface area contributed by atoms with Gasteiger partial charge < -0.3 is 10.4 Å². The number of nitrogens with one attached hydrogen (secondary N) is 1. The molecule has 20 heavy (non-hydrogen) atoms. The van der Waals surface area contributed by atoms with Crippen molar-refractivity contribution in [2.75, 3.05) is 0 Å². The number of amides is 1. The predicted molar refractivity (Wildman–Crippen MR) is 73.3 cm³/mol. The molecular formula is C15H14N2O3. The summed E-state index contributed by atoms with van der Waals surface area (Å²) in [6.45, 7) is 1.75. The molecule has 1 heterocycles. The number of carbonyl (C=O) groups excluding carboxylic acids is 1. The van der Waals surface area contributed by atoms with Crippen molar-refractivity contribution in [2.45, 2.75) is 13.0 Å². The quantitative estimate of drug-likeness (QED) is 0.890. The zero-order valence-corrected chi connectivity index (χ0v) is 10.9. The number of rotatable bonds is 4. The molecule has 0 spiro atoms. The smallest absolute Gasteiger partial charge is 0.330 e. The van der Waals surface area contributed by atoms with Crippen LogP contribution in [0.3, 0.4) is 0 Å². The minimum atomic E-state index is -1.11. The van der Waals surface area contributed by atoms with Crippen molar-refractivity contribution in [3.05, 3.63) is 65.5 Å². The van der Waals surface area contributed by atoms with Crippen LogP contribution >= 0.6 is 0 Å². The Hall–Kier alpha value is -2.69. The second-order valence-corrected chi connectivity index (χ2v) is 4.32. The number of hydrogen-bond acceptors (Lipinski definition) is 3. The van der Waals surface area contributed by atoms with Gasteiger partial charge in [-0.15, -0.1) is 0 Å². The zero-order chi connectivity index (χ0) is 14.5. The summed E-state index contributed by atoms with van der Waals surface area (Å²) < 4.78 is 0. The van der Waals surface area contributed by atoms with Crippen LogP contribution in [0.4, 0.5) is 0 Å². The minimum Gasteiger partial charge on any atom is -0.479 e. The van der Waals surface area contributed by atoms with Crippen molar-refractivity contribution < 1.29 is 14.7 Å². The molecule has 1 atom stereocenters. The first-order chi connectivity index (χ1) is 9.59. The number of carboxylic acid groups (broad SMARTS) is 1. The number of nitrogens with zero attached hydrogens (tertiary/aromatic N) is 1. The lowest BCUT2D eigenvalue weighted by atomic mass is 10.1. The monoisotopic (exact) mass is 270 g/mol. The Labute approximate surface area is 116 Å². The summed E-state index contributed by atoms with van der Waals surface area (Å²) in [4.78, 5) is 27.4. The van der Waals surface area contributed by atoms with Gasteiger partial charge in [0, 0.05) is 6.20 Å². The first-order valence-electron chi connectivity index (χ1n) is 6.10. The lowest BCUT2D eigenvalue weighted by Crippen LogP contribution is -2.34. The van der Waals surface area contributed by atoms with E-state index >= 15 is 0 Å². The van der Waals surface area contributed by atoms with Crippen LogP contribution in [0, 0.1) is 6.92 Å². The van der Waals surface area contributed by atoms with E-state index in [0.717, 1.165) is 0 Å². The summed E-state index contributed by atoms with van der Waals surface area (Å²) >= 11 is 0. The summed E-state index contributed by atoms with van der Waals surface area (Å²) in [7, 11) is 0. The molecular weight excluding hydrogens is 256 g/mol. The molecule has 1 aromatic heterocycles. The van der Waals surface area contributed by atoms with Crippen LogP contribution in [0.2, 0.25) is 0 Å². The van der Waals surface area contributed by atoms with E-state index in [0.29, 0.717) is 11.1 Å². The molecule has 0 unspecified atom stereocenters. The third-order valence-electron chi connectivity index (χ3n) is 2.88. The summed E-state index contributed by atoms with van der Waals surface area (Å²) in [5.74, 6) is -1.61. The molecule has 0 bridgehead atoms. The molecule has 1 amide bonds. The van der Waals surface area contributed by atoms with Crippen LogP contribution in [0.15, 0.2) is 48.7 Å². The Morgan fingerprint density at radius 1 is 1.15 bits per heavy atom. The molecule has 2 N–H and O–H groups in total. The standard InChI is InChI=1S/C15H14N2O3/c1-10-6-5-9-16-12(10)14(18)17-13(15(19)20)11-7-3-2-4-8-11/h2-9,13H,1H3,(H,17,18)(H,19,20)/t13-/m0/s1. The molecule has 0 fully saturated rings. The van der Waals surface area contributed by atoms with Crippen LogP contribution < -0.4 is 5.32 Å². The number of carbonyl (C=O) groups is 2. The number of aliphatic carboxylic acids is 1. The summed E-state index contributed by atoms with van der Waals surface area (Å²) in [5.41, 5.74) is 1.44. The molecule has 2 rings (SSSR count). The minimum absolute atomic E-state index is 0.231. The van der Waals surface area contributed by atoms with Gasteiger partial charge in [-0.05, 0) is 24.1 Å². The van der Waals surface area contributed by atoms with Crippen LogP contribution in [0.1, 0.15) is 27.7 Å². The van der Waals surface area contributed by atoms with Crippen molar-refractivity contribution in [1.82, 2.24) is 10.3 Å².